The van der Waals surface area contributed by atoms with Gasteiger partial charge >= 0.3 is 0 Å². The van der Waals surface area contributed by atoms with E-state index in [9.17, 15) is 0 Å². The van der Waals surface area contributed by atoms with Crippen LogP contribution in [0.4, 0.5) is 0 Å². The van der Waals surface area contributed by atoms with Crippen molar-refractivity contribution in [2.24, 2.45) is 0 Å². The number of aliphatic hydroxyl groups is 1. The molecule has 0 radical (unpaired) electrons. The second-order valence-corrected chi connectivity index (χ2v) is 1.94. The zero-order valence-corrected chi connectivity index (χ0v) is 4.91. The summed E-state index contributed by atoms with van der Waals surface area (Å²) < 4.78 is 0. The maximum absolute atomic E-state index is 8.96. The van der Waals surface area contributed by atoms with Crippen LogP contribution in [0, 0.1) is 0 Å². The quantitative estimate of drug-likeness (QED) is 0.455. The number of rotatable bonds is 1. The van der Waals surface area contributed by atoms with Crippen LogP contribution < -0.4 is 5.48 Å². The first-order valence-corrected chi connectivity index (χ1v) is 2.80. The topological polar surface area (TPSA) is 52.5 Å². The summed E-state index contributed by atoms with van der Waals surface area (Å²) in [5.74, 6) is 0.181. The van der Waals surface area contributed by atoms with E-state index < -0.39 is 0 Å². The number of allylic oxidation sites excluding steroid dienone is 2. The molecule has 0 spiro atoms. The molecule has 0 amide bonds. The fraction of sp³-hybridized carbons (Fsp3) is 0.333. The molecule has 1 rings (SSSR count). The van der Waals surface area contributed by atoms with E-state index in [-0.39, 0.29) is 11.8 Å². The van der Waals surface area contributed by atoms with Gasteiger partial charge in [0.25, 0.3) is 0 Å². The molecule has 1 aliphatic rings. The van der Waals surface area contributed by atoms with Crippen LogP contribution >= 0.6 is 0 Å². The standard InChI is InChI=1S/C6H9NO2/c8-6-4-2-1-3-5(6)7-9/h1-2,4-5,7-9H,3H2. The summed E-state index contributed by atoms with van der Waals surface area (Å²) in [6.07, 6.45) is 5.81. The zero-order valence-electron chi connectivity index (χ0n) is 4.91. The largest absolute Gasteiger partial charge is 0.511 e. The van der Waals surface area contributed by atoms with E-state index in [2.05, 4.69) is 0 Å². The van der Waals surface area contributed by atoms with Crippen molar-refractivity contribution < 1.29 is 10.3 Å². The molecule has 9 heavy (non-hydrogen) atoms. The molecule has 0 saturated heterocycles. The molecule has 1 unspecified atom stereocenters. The van der Waals surface area contributed by atoms with Crippen molar-refractivity contribution in [1.29, 1.82) is 0 Å². The summed E-state index contributed by atoms with van der Waals surface area (Å²) in [4.78, 5) is 0. The smallest absolute Gasteiger partial charge is 0.112 e. The Morgan fingerprint density at radius 2 is 2.44 bits per heavy atom. The van der Waals surface area contributed by atoms with Gasteiger partial charge in [-0.15, -0.1) is 0 Å². The van der Waals surface area contributed by atoms with E-state index in [1.54, 1.807) is 12.2 Å². The second kappa shape index (κ2) is 2.66. The Balaban J connectivity index is 2.59. The molecule has 0 saturated carbocycles. The minimum atomic E-state index is -0.310. The second-order valence-electron chi connectivity index (χ2n) is 1.94. The predicted octanol–water partition coefficient (Wildman–Crippen LogP) is 0.736. The highest BCUT2D eigenvalue weighted by molar-refractivity contribution is 5.17. The molecule has 1 atom stereocenters. The number of hydrogen-bond acceptors (Lipinski definition) is 3. The molecule has 0 aromatic carbocycles. The van der Waals surface area contributed by atoms with Gasteiger partial charge in [-0.05, 0) is 12.5 Å². The Labute approximate surface area is 53.3 Å². The molecule has 0 aliphatic heterocycles. The van der Waals surface area contributed by atoms with E-state index >= 15 is 0 Å². The average molecular weight is 127 g/mol. The number of aliphatic hydroxyl groups excluding tert-OH is 1. The van der Waals surface area contributed by atoms with Crippen molar-refractivity contribution in [3.05, 3.63) is 24.0 Å². The van der Waals surface area contributed by atoms with Gasteiger partial charge in [0.05, 0.1) is 6.04 Å². The van der Waals surface area contributed by atoms with Gasteiger partial charge in [-0.3, -0.25) is 0 Å². The summed E-state index contributed by atoms with van der Waals surface area (Å²) in [5, 5.41) is 17.3. The highest BCUT2D eigenvalue weighted by Gasteiger charge is 2.11. The van der Waals surface area contributed by atoms with Crippen molar-refractivity contribution in [2.45, 2.75) is 12.5 Å². The van der Waals surface area contributed by atoms with Gasteiger partial charge in [0.1, 0.15) is 5.76 Å². The molecular weight excluding hydrogens is 118 g/mol. The average Bonchev–Trinajstić information content (AvgIpc) is 1.89. The molecule has 0 aromatic rings. The molecule has 3 N–H and O–H groups in total. The van der Waals surface area contributed by atoms with Crippen LogP contribution in [-0.2, 0) is 0 Å². The molecular formula is C6H9NO2. The molecule has 50 valence electrons. The van der Waals surface area contributed by atoms with Crippen molar-refractivity contribution in [3.8, 4) is 0 Å². The van der Waals surface area contributed by atoms with Crippen LogP contribution in [0.15, 0.2) is 24.0 Å². The van der Waals surface area contributed by atoms with Crippen LogP contribution in [-0.4, -0.2) is 16.4 Å². The molecule has 3 heteroatoms. The van der Waals surface area contributed by atoms with Crippen molar-refractivity contribution >= 4 is 0 Å². The summed E-state index contributed by atoms with van der Waals surface area (Å²) in [6, 6.07) is -0.310. The van der Waals surface area contributed by atoms with Crippen LogP contribution in [0.1, 0.15) is 6.42 Å². The minimum absolute atomic E-state index is 0.181. The van der Waals surface area contributed by atoms with Crippen molar-refractivity contribution in [3.63, 3.8) is 0 Å². The van der Waals surface area contributed by atoms with Crippen LogP contribution in [0.25, 0.3) is 0 Å². The van der Waals surface area contributed by atoms with Gasteiger partial charge in [-0.1, -0.05) is 12.2 Å². The molecule has 3 nitrogen and oxygen atoms in total. The van der Waals surface area contributed by atoms with Crippen molar-refractivity contribution in [2.75, 3.05) is 0 Å². The summed E-state index contributed by atoms with van der Waals surface area (Å²) in [5.41, 5.74) is 1.98. The van der Waals surface area contributed by atoms with Crippen LogP contribution in [0.3, 0.4) is 0 Å². The monoisotopic (exact) mass is 127 g/mol. The lowest BCUT2D eigenvalue weighted by Gasteiger charge is -2.13. The van der Waals surface area contributed by atoms with Gasteiger partial charge in [-0.25, -0.2) is 0 Å². The molecule has 1 aliphatic carbocycles. The van der Waals surface area contributed by atoms with E-state index in [1.807, 2.05) is 11.6 Å². The first-order chi connectivity index (χ1) is 4.34. The third-order valence-electron chi connectivity index (χ3n) is 1.29. The lowest BCUT2D eigenvalue weighted by atomic mass is 10.1. The van der Waals surface area contributed by atoms with Gasteiger partial charge in [0.2, 0.25) is 0 Å². The minimum Gasteiger partial charge on any atom is -0.511 e. The lowest BCUT2D eigenvalue weighted by molar-refractivity contribution is 0.119. The first kappa shape index (κ1) is 6.32. The lowest BCUT2D eigenvalue weighted by Crippen LogP contribution is -2.28. The molecule has 0 fully saturated rings. The third-order valence-corrected chi connectivity index (χ3v) is 1.29. The summed E-state index contributed by atoms with van der Waals surface area (Å²) in [6.45, 7) is 0. The molecule has 0 bridgehead atoms. The Morgan fingerprint density at radius 1 is 1.67 bits per heavy atom. The zero-order chi connectivity index (χ0) is 6.69. The number of nitrogens with one attached hydrogen (secondary N) is 1. The molecule has 0 aromatic heterocycles. The van der Waals surface area contributed by atoms with Gasteiger partial charge in [-0.2, -0.15) is 5.48 Å². The maximum atomic E-state index is 8.96. The number of hydroxylamine groups is 1. The summed E-state index contributed by atoms with van der Waals surface area (Å²) in [7, 11) is 0. The summed E-state index contributed by atoms with van der Waals surface area (Å²) >= 11 is 0. The predicted molar refractivity (Wildman–Crippen MR) is 33.2 cm³/mol. The van der Waals surface area contributed by atoms with Gasteiger partial charge in [0.15, 0.2) is 0 Å². The number of hydrogen-bond donors (Lipinski definition) is 3. The van der Waals surface area contributed by atoms with Crippen LogP contribution in [0.5, 0.6) is 0 Å². The Kier molecular flexibility index (Phi) is 1.87. The fourth-order valence-electron chi connectivity index (χ4n) is 0.737. The highest BCUT2D eigenvalue weighted by atomic mass is 16.5. The Morgan fingerprint density at radius 3 is 2.89 bits per heavy atom. The Hall–Kier alpha value is -0.800. The third kappa shape index (κ3) is 1.31. The van der Waals surface area contributed by atoms with E-state index in [0.717, 1.165) is 0 Å². The van der Waals surface area contributed by atoms with E-state index in [1.165, 1.54) is 0 Å². The van der Waals surface area contributed by atoms with Gasteiger partial charge in [0, 0.05) is 0 Å². The van der Waals surface area contributed by atoms with Crippen molar-refractivity contribution in [1.82, 2.24) is 5.48 Å². The SMILES string of the molecule is ONC1CC=CC=C1O. The maximum Gasteiger partial charge on any atom is 0.112 e. The van der Waals surface area contributed by atoms with E-state index in [0.29, 0.717) is 6.42 Å². The first-order valence-electron chi connectivity index (χ1n) is 2.80. The fourth-order valence-corrected chi connectivity index (χ4v) is 0.737. The normalized spacial score (nSPS) is 25.9. The Bertz CT molecular complexity index is 151. The van der Waals surface area contributed by atoms with E-state index in [4.69, 9.17) is 10.3 Å². The van der Waals surface area contributed by atoms with Crippen LogP contribution in [0.2, 0.25) is 0 Å². The van der Waals surface area contributed by atoms with Gasteiger partial charge < -0.3 is 10.3 Å². The highest BCUT2D eigenvalue weighted by Crippen LogP contribution is 2.08. The molecule has 0 heterocycles.